The molecule has 0 spiro atoms. The Labute approximate surface area is 73.7 Å². The monoisotopic (exact) mass is 205 g/mol. The molecule has 0 saturated heterocycles. The van der Waals surface area contributed by atoms with Crippen LogP contribution in [0.3, 0.4) is 0 Å². The lowest BCUT2D eigenvalue weighted by atomic mass is 10.4. The number of nitrogens with one attached hydrogen (secondary N) is 1. The zero-order valence-electron chi connectivity index (χ0n) is 6.35. The SMILES string of the molecule is NNC(=O)c1ccc(S(N)(=O)=O)o1. The van der Waals surface area contributed by atoms with E-state index in [0.29, 0.717) is 0 Å². The van der Waals surface area contributed by atoms with E-state index in [1.807, 2.05) is 0 Å². The Morgan fingerprint density at radius 1 is 1.46 bits per heavy atom. The minimum Gasteiger partial charge on any atom is -0.438 e. The minimum atomic E-state index is -3.91. The first kappa shape index (κ1) is 9.71. The summed E-state index contributed by atoms with van der Waals surface area (Å²) in [5.74, 6) is 3.84. The zero-order chi connectivity index (χ0) is 10.1. The van der Waals surface area contributed by atoms with Crippen molar-refractivity contribution in [1.29, 1.82) is 0 Å². The van der Waals surface area contributed by atoms with Crippen molar-refractivity contribution in [2.45, 2.75) is 5.09 Å². The maximum absolute atomic E-state index is 10.8. The molecule has 13 heavy (non-hydrogen) atoms. The molecule has 5 N–H and O–H groups in total. The average Bonchev–Trinajstić information content (AvgIpc) is 2.50. The molecule has 0 unspecified atom stereocenters. The fraction of sp³-hybridized carbons (Fsp3) is 0. The highest BCUT2D eigenvalue weighted by atomic mass is 32.2. The summed E-state index contributed by atoms with van der Waals surface area (Å²) < 4.78 is 26.0. The summed E-state index contributed by atoms with van der Waals surface area (Å²) in [4.78, 5) is 10.8. The van der Waals surface area contributed by atoms with Gasteiger partial charge in [0.2, 0.25) is 5.09 Å². The topological polar surface area (TPSA) is 128 Å². The van der Waals surface area contributed by atoms with Crippen molar-refractivity contribution >= 4 is 15.9 Å². The van der Waals surface area contributed by atoms with Gasteiger partial charge in [0.05, 0.1) is 0 Å². The van der Waals surface area contributed by atoms with Gasteiger partial charge in [0.1, 0.15) is 0 Å². The van der Waals surface area contributed by atoms with Gasteiger partial charge in [-0.3, -0.25) is 10.2 Å². The molecule has 0 aliphatic rings. The molecule has 1 heterocycles. The molecule has 1 amide bonds. The first-order valence-electron chi connectivity index (χ1n) is 3.08. The van der Waals surface area contributed by atoms with Crippen LogP contribution in [-0.4, -0.2) is 14.3 Å². The lowest BCUT2D eigenvalue weighted by Gasteiger charge is -1.93. The molecule has 1 rings (SSSR count). The van der Waals surface area contributed by atoms with Crippen molar-refractivity contribution in [1.82, 2.24) is 5.43 Å². The number of primary sulfonamides is 1. The first-order chi connectivity index (χ1) is 5.95. The number of carbonyl (C=O) groups is 1. The van der Waals surface area contributed by atoms with Gasteiger partial charge in [-0.25, -0.2) is 19.4 Å². The lowest BCUT2D eigenvalue weighted by Crippen LogP contribution is -2.29. The third-order valence-corrected chi connectivity index (χ3v) is 2.00. The summed E-state index contributed by atoms with van der Waals surface area (Å²) in [5.41, 5.74) is 1.78. The van der Waals surface area contributed by atoms with Crippen molar-refractivity contribution in [3.05, 3.63) is 17.9 Å². The van der Waals surface area contributed by atoms with Crippen LogP contribution in [0.4, 0.5) is 0 Å². The Morgan fingerprint density at radius 3 is 2.46 bits per heavy atom. The molecular weight excluding hydrogens is 198 g/mol. The molecule has 0 bridgehead atoms. The maximum atomic E-state index is 10.8. The number of nitrogens with two attached hydrogens (primary N) is 2. The van der Waals surface area contributed by atoms with Crippen molar-refractivity contribution in [2.75, 3.05) is 0 Å². The van der Waals surface area contributed by atoms with E-state index in [1.165, 1.54) is 0 Å². The van der Waals surface area contributed by atoms with E-state index in [0.717, 1.165) is 12.1 Å². The second kappa shape index (κ2) is 3.17. The molecule has 0 atom stereocenters. The van der Waals surface area contributed by atoms with Crippen molar-refractivity contribution in [2.24, 2.45) is 11.0 Å². The van der Waals surface area contributed by atoms with E-state index in [9.17, 15) is 13.2 Å². The number of hydrogen-bond donors (Lipinski definition) is 3. The summed E-state index contributed by atoms with van der Waals surface area (Å²) in [7, 11) is -3.91. The zero-order valence-corrected chi connectivity index (χ0v) is 7.17. The highest BCUT2D eigenvalue weighted by molar-refractivity contribution is 7.89. The van der Waals surface area contributed by atoms with Crippen LogP contribution in [0.25, 0.3) is 0 Å². The Kier molecular flexibility index (Phi) is 2.36. The van der Waals surface area contributed by atoms with Gasteiger partial charge < -0.3 is 4.42 Å². The first-order valence-corrected chi connectivity index (χ1v) is 4.63. The van der Waals surface area contributed by atoms with Gasteiger partial charge in [0.15, 0.2) is 5.76 Å². The Balaban J connectivity index is 3.07. The summed E-state index contributed by atoms with van der Waals surface area (Å²) in [6, 6.07) is 2.22. The standard InChI is InChI=1S/C5H7N3O4S/c6-8-5(9)3-1-2-4(12-3)13(7,10)11/h1-2H,6H2,(H,8,9)(H2,7,10,11). The number of nitrogen functional groups attached to an aromatic ring is 1. The molecule has 8 heteroatoms. The van der Waals surface area contributed by atoms with E-state index in [2.05, 4.69) is 4.42 Å². The largest absolute Gasteiger partial charge is 0.438 e. The van der Waals surface area contributed by atoms with E-state index < -0.39 is 21.0 Å². The molecule has 0 aliphatic carbocycles. The molecule has 0 aliphatic heterocycles. The molecule has 0 fully saturated rings. The fourth-order valence-corrected chi connectivity index (χ4v) is 1.13. The second-order valence-electron chi connectivity index (χ2n) is 2.14. The summed E-state index contributed by atoms with van der Waals surface area (Å²) in [6.45, 7) is 0. The fourth-order valence-electron chi connectivity index (χ4n) is 0.666. The van der Waals surface area contributed by atoms with Gasteiger partial charge in [0, 0.05) is 0 Å². The predicted molar refractivity (Wildman–Crippen MR) is 41.7 cm³/mol. The summed E-state index contributed by atoms with van der Waals surface area (Å²) in [5, 5.41) is 4.25. The second-order valence-corrected chi connectivity index (χ2v) is 3.63. The number of sulfonamides is 1. The van der Waals surface area contributed by atoms with E-state index >= 15 is 0 Å². The van der Waals surface area contributed by atoms with Gasteiger partial charge in [0.25, 0.3) is 10.0 Å². The predicted octanol–water partition coefficient (Wildman–Crippen LogP) is -1.47. The maximum Gasteiger partial charge on any atom is 0.300 e. The molecule has 0 saturated carbocycles. The van der Waals surface area contributed by atoms with Gasteiger partial charge in [-0.1, -0.05) is 0 Å². The smallest absolute Gasteiger partial charge is 0.300 e. The van der Waals surface area contributed by atoms with Gasteiger partial charge >= 0.3 is 5.91 Å². The molecule has 0 radical (unpaired) electrons. The van der Waals surface area contributed by atoms with Crippen LogP contribution in [0.2, 0.25) is 0 Å². The number of carbonyl (C=O) groups excluding carboxylic acids is 1. The summed E-state index contributed by atoms with van der Waals surface area (Å²) in [6.07, 6.45) is 0. The van der Waals surface area contributed by atoms with Crippen LogP contribution in [0, 0.1) is 0 Å². The van der Waals surface area contributed by atoms with Crippen molar-refractivity contribution in [3.8, 4) is 0 Å². The number of hydrazine groups is 1. The highest BCUT2D eigenvalue weighted by Crippen LogP contribution is 2.11. The third-order valence-electron chi connectivity index (χ3n) is 1.22. The van der Waals surface area contributed by atoms with Crippen molar-refractivity contribution < 1.29 is 17.6 Å². The van der Waals surface area contributed by atoms with E-state index in [1.54, 1.807) is 5.43 Å². The number of hydrogen-bond acceptors (Lipinski definition) is 5. The summed E-state index contributed by atoms with van der Waals surface area (Å²) >= 11 is 0. The van der Waals surface area contributed by atoms with Gasteiger partial charge in [-0.15, -0.1) is 0 Å². The molecule has 7 nitrogen and oxygen atoms in total. The van der Waals surface area contributed by atoms with E-state index in [4.69, 9.17) is 11.0 Å². The third kappa shape index (κ3) is 2.05. The van der Waals surface area contributed by atoms with Crippen LogP contribution in [0.1, 0.15) is 10.6 Å². The van der Waals surface area contributed by atoms with Crippen LogP contribution in [-0.2, 0) is 10.0 Å². The average molecular weight is 205 g/mol. The van der Waals surface area contributed by atoms with Gasteiger partial charge in [-0.05, 0) is 12.1 Å². The lowest BCUT2D eigenvalue weighted by molar-refractivity contribution is 0.0920. The van der Waals surface area contributed by atoms with Crippen LogP contribution in [0.15, 0.2) is 21.6 Å². The van der Waals surface area contributed by atoms with Crippen LogP contribution < -0.4 is 16.4 Å². The highest BCUT2D eigenvalue weighted by Gasteiger charge is 2.16. The molecule has 1 aromatic rings. The van der Waals surface area contributed by atoms with Crippen molar-refractivity contribution in [3.63, 3.8) is 0 Å². The molecular formula is C5H7N3O4S. The van der Waals surface area contributed by atoms with Crippen LogP contribution >= 0.6 is 0 Å². The Bertz CT molecular complexity index is 421. The Morgan fingerprint density at radius 2 is 2.08 bits per heavy atom. The normalized spacial score (nSPS) is 11.2. The quantitative estimate of drug-likeness (QED) is 0.308. The number of rotatable bonds is 2. The molecule has 0 aromatic carbocycles. The number of furan rings is 1. The number of amides is 1. The van der Waals surface area contributed by atoms with E-state index in [-0.39, 0.29) is 5.76 Å². The molecule has 72 valence electrons. The minimum absolute atomic E-state index is 0.216. The van der Waals surface area contributed by atoms with Crippen LogP contribution in [0.5, 0.6) is 0 Å². The van der Waals surface area contributed by atoms with Gasteiger partial charge in [-0.2, -0.15) is 0 Å². The molecule has 1 aromatic heterocycles. The Hall–Kier alpha value is -1.38.